The minimum Gasteiger partial charge on any atom is -0.387 e. The van der Waals surface area contributed by atoms with Crippen molar-refractivity contribution in [3.63, 3.8) is 0 Å². The smallest absolute Gasteiger partial charge is 0.187 e. The van der Waals surface area contributed by atoms with Gasteiger partial charge in [-0.1, -0.05) is 39.0 Å². The highest BCUT2D eigenvalue weighted by Gasteiger charge is 2.52. The summed E-state index contributed by atoms with van der Waals surface area (Å²) < 4.78 is 33.7. The van der Waals surface area contributed by atoms with Crippen molar-refractivity contribution in [2.24, 2.45) is 0 Å². The van der Waals surface area contributed by atoms with Crippen LogP contribution < -0.4 is 0 Å². The second-order valence-corrected chi connectivity index (χ2v) is 8.52. The number of methoxy groups -OCH3 is 1. The van der Waals surface area contributed by atoms with Crippen LogP contribution in [0, 0.1) is 0 Å². The van der Waals surface area contributed by atoms with Crippen LogP contribution in [-0.4, -0.2) is 109 Å². The highest BCUT2D eigenvalue weighted by Crippen LogP contribution is 2.32. The Hall–Kier alpha value is -0.400. The summed E-state index contributed by atoms with van der Waals surface area (Å²) in [5.74, 6) is 0. The van der Waals surface area contributed by atoms with Crippen molar-refractivity contribution in [1.82, 2.24) is 0 Å². The molecule has 3 saturated heterocycles. The molecule has 3 aliphatic heterocycles. The first kappa shape index (κ1) is 25.2. The lowest BCUT2D eigenvalue weighted by Crippen LogP contribution is -2.60. The van der Waals surface area contributed by atoms with E-state index < -0.39 is 61.4 Å². The van der Waals surface area contributed by atoms with Gasteiger partial charge in [-0.3, -0.25) is 0 Å². The molecule has 182 valence electrons. The Bertz CT molecular complexity index is 522. The van der Waals surface area contributed by atoms with Gasteiger partial charge in [-0.05, 0) is 6.42 Å². The largest absolute Gasteiger partial charge is 0.387 e. The molecule has 0 saturated carbocycles. The molecule has 2 bridgehead atoms. The maximum Gasteiger partial charge on any atom is 0.187 e. The van der Waals surface area contributed by atoms with E-state index in [4.69, 9.17) is 28.4 Å². The summed E-state index contributed by atoms with van der Waals surface area (Å²) in [6.45, 7) is 2.68. The second-order valence-electron chi connectivity index (χ2n) is 8.52. The molecule has 0 radical (unpaired) electrons. The predicted octanol–water partition coefficient (Wildman–Crippen LogP) is -0.313. The fourth-order valence-corrected chi connectivity index (χ4v) is 4.27. The molecule has 3 fully saturated rings. The summed E-state index contributed by atoms with van der Waals surface area (Å²) in [5, 5.41) is 40.9. The van der Waals surface area contributed by atoms with E-state index in [9.17, 15) is 20.4 Å². The third-order valence-electron chi connectivity index (χ3n) is 6.22. The summed E-state index contributed by atoms with van der Waals surface area (Å²) >= 11 is 0. The molecule has 0 aliphatic carbocycles. The average Bonchev–Trinajstić information content (AvgIpc) is 3.01. The van der Waals surface area contributed by atoms with Crippen molar-refractivity contribution < 1.29 is 48.8 Å². The van der Waals surface area contributed by atoms with Crippen molar-refractivity contribution in [3.05, 3.63) is 0 Å². The van der Waals surface area contributed by atoms with Gasteiger partial charge in [-0.15, -0.1) is 0 Å². The fraction of sp³-hybridized carbons (Fsp3) is 1.00. The van der Waals surface area contributed by atoms with E-state index in [1.807, 2.05) is 0 Å². The fourth-order valence-electron chi connectivity index (χ4n) is 4.27. The molecule has 0 spiro atoms. The monoisotopic (exact) mass is 450 g/mol. The Balaban J connectivity index is 1.46. The molecule has 3 aliphatic rings. The van der Waals surface area contributed by atoms with Crippen LogP contribution >= 0.6 is 0 Å². The van der Waals surface area contributed by atoms with Crippen LogP contribution in [0.2, 0.25) is 0 Å². The van der Waals surface area contributed by atoms with Crippen LogP contribution in [0.15, 0.2) is 0 Å². The third-order valence-corrected chi connectivity index (χ3v) is 6.22. The zero-order valence-electron chi connectivity index (χ0n) is 18.4. The number of aliphatic hydroxyl groups excluding tert-OH is 4. The molecule has 4 N–H and O–H groups in total. The quantitative estimate of drug-likeness (QED) is 0.293. The Labute approximate surface area is 183 Å². The highest BCUT2D eigenvalue weighted by atomic mass is 16.7. The van der Waals surface area contributed by atoms with Gasteiger partial charge in [0.2, 0.25) is 0 Å². The summed E-state index contributed by atoms with van der Waals surface area (Å²) in [5.41, 5.74) is 0. The molecule has 3 rings (SSSR count). The van der Waals surface area contributed by atoms with Gasteiger partial charge in [0, 0.05) is 13.7 Å². The van der Waals surface area contributed by atoms with Crippen LogP contribution in [0.1, 0.15) is 45.4 Å². The van der Waals surface area contributed by atoms with Crippen molar-refractivity contribution in [3.8, 4) is 0 Å². The van der Waals surface area contributed by atoms with Crippen molar-refractivity contribution in [2.45, 2.75) is 107 Å². The standard InChI is InChI=1S/C21H38O10/c1-3-4-5-6-7-8-9-27-20-17(25)16(24)14(22)12(30-20)11-29-21-19(26-2)18-15(23)13(31-21)10-28-18/h12-25H,3-11H2,1-2H3/t12-,13-,14-,15-,16+,17+,18+,19+,20+,21+/m1/s1. The van der Waals surface area contributed by atoms with E-state index in [0.717, 1.165) is 19.3 Å². The van der Waals surface area contributed by atoms with Gasteiger partial charge in [0.15, 0.2) is 12.6 Å². The molecule has 0 unspecified atom stereocenters. The van der Waals surface area contributed by atoms with Gasteiger partial charge in [0.1, 0.15) is 48.8 Å². The van der Waals surface area contributed by atoms with Crippen LogP contribution in [-0.2, 0) is 28.4 Å². The topological polar surface area (TPSA) is 136 Å². The number of aliphatic hydroxyl groups is 4. The first-order valence-corrected chi connectivity index (χ1v) is 11.4. The normalized spacial score (nSPS) is 42.8. The molecule has 31 heavy (non-hydrogen) atoms. The maximum absolute atomic E-state index is 10.3. The lowest BCUT2D eigenvalue weighted by molar-refractivity contribution is -0.320. The number of hydrogen-bond acceptors (Lipinski definition) is 10. The lowest BCUT2D eigenvalue weighted by atomic mass is 9.99. The molecule has 3 heterocycles. The van der Waals surface area contributed by atoms with Gasteiger partial charge in [0.05, 0.1) is 13.2 Å². The van der Waals surface area contributed by atoms with Crippen LogP contribution in [0.5, 0.6) is 0 Å². The van der Waals surface area contributed by atoms with Gasteiger partial charge in [-0.25, -0.2) is 0 Å². The molecule has 10 nitrogen and oxygen atoms in total. The molecule has 0 amide bonds. The van der Waals surface area contributed by atoms with Crippen molar-refractivity contribution in [1.29, 1.82) is 0 Å². The maximum atomic E-state index is 10.3. The van der Waals surface area contributed by atoms with Crippen LogP contribution in [0.25, 0.3) is 0 Å². The van der Waals surface area contributed by atoms with Gasteiger partial charge in [0.25, 0.3) is 0 Å². The molecule has 0 aromatic rings. The second kappa shape index (κ2) is 12.2. The molecule has 0 aromatic carbocycles. The highest BCUT2D eigenvalue weighted by molar-refractivity contribution is 4.96. The summed E-state index contributed by atoms with van der Waals surface area (Å²) in [6.07, 6.45) is -2.90. The lowest BCUT2D eigenvalue weighted by Gasteiger charge is -2.41. The van der Waals surface area contributed by atoms with E-state index >= 15 is 0 Å². The Morgan fingerprint density at radius 2 is 1.55 bits per heavy atom. The molecule has 10 heteroatoms. The van der Waals surface area contributed by atoms with E-state index in [0.29, 0.717) is 6.61 Å². The molecule has 10 atom stereocenters. The Morgan fingerprint density at radius 3 is 2.29 bits per heavy atom. The molecular weight excluding hydrogens is 412 g/mol. The van der Waals surface area contributed by atoms with Crippen LogP contribution in [0.3, 0.4) is 0 Å². The van der Waals surface area contributed by atoms with E-state index in [-0.39, 0.29) is 13.2 Å². The van der Waals surface area contributed by atoms with E-state index in [1.165, 1.54) is 26.4 Å². The average molecular weight is 451 g/mol. The predicted molar refractivity (Wildman–Crippen MR) is 107 cm³/mol. The van der Waals surface area contributed by atoms with E-state index in [2.05, 4.69) is 6.92 Å². The SMILES string of the molecule is CCCCCCCCO[C@H]1O[C@H](CO[C@H]2O[C@@H]3CO[C@@H]([C@@H]3O)[C@@H]2OC)[C@@H](O)[C@H](O)[C@@H]1O. The minimum atomic E-state index is -1.43. The van der Waals surface area contributed by atoms with E-state index in [1.54, 1.807) is 0 Å². The number of ether oxygens (including phenoxy) is 6. The number of hydrogen-bond donors (Lipinski definition) is 4. The van der Waals surface area contributed by atoms with Gasteiger partial charge in [-0.2, -0.15) is 0 Å². The third kappa shape index (κ3) is 6.14. The van der Waals surface area contributed by atoms with Crippen LogP contribution in [0.4, 0.5) is 0 Å². The first-order chi connectivity index (χ1) is 15.0. The van der Waals surface area contributed by atoms with Gasteiger partial charge >= 0.3 is 0 Å². The van der Waals surface area contributed by atoms with Crippen molar-refractivity contribution >= 4 is 0 Å². The summed E-state index contributed by atoms with van der Waals surface area (Å²) in [4.78, 5) is 0. The zero-order chi connectivity index (χ0) is 22.4. The summed E-state index contributed by atoms with van der Waals surface area (Å²) in [6, 6.07) is 0. The molecule has 0 aromatic heterocycles. The number of unbranched alkanes of at least 4 members (excludes halogenated alkanes) is 5. The number of rotatable bonds is 12. The Kier molecular flexibility index (Phi) is 9.91. The summed E-state index contributed by atoms with van der Waals surface area (Å²) in [7, 11) is 1.47. The zero-order valence-corrected chi connectivity index (χ0v) is 18.4. The first-order valence-electron chi connectivity index (χ1n) is 11.4. The Morgan fingerprint density at radius 1 is 0.806 bits per heavy atom. The molecular formula is C21H38O10. The number of fused-ring (bicyclic) bond motifs is 2. The van der Waals surface area contributed by atoms with Gasteiger partial charge < -0.3 is 48.8 Å². The minimum absolute atomic E-state index is 0.123. The van der Waals surface area contributed by atoms with Crippen molar-refractivity contribution in [2.75, 3.05) is 26.9 Å².